The number of pyridine rings is 1. The van der Waals surface area contributed by atoms with Gasteiger partial charge in [-0.05, 0) is 32.5 Å². The lowest BCUT2D eigenvalue weighted by Gasteiger charge is -2.41. The molecule has 0 aromatic carbocycles. The summed E-state index contributed by atoms with van der Waals surface area (Å²) in [5, 5.41) is 10.8. The van der Waals surface area contributed by atoms with Gasteiger partial charge in [0.15, 0.2) is 17.4 Å². The molecular formula is C26H33N7O5S. The predicted octanol–water partition coefficient (Wildman–Crippen LogP) is 2.02. The van der Waals surface area contributed by atoms with Crippen molar-refractivity contribution < 1.29 is 24.1 Å². The number of aliphatic hydroxyl groups is 1. The number of piperidine rings is 1. The highest BCUT2D eigenvalue weighted by atomic mass is 32.2. The highest BCUT2D eigenvalue weighted by molar-refractivity contribution is 7.99. The normalized spacial score (nSPS) is 27.1. The fraction of sp³-hybridized carbons (Fsp3) is 0.577. The zero-order valence-corrected chi connectivity index (χ0v) is 22.7. The van der Waals surface area contributed by atoms with Crippen LogP contribution < -0.4 is 20.3 Å². The highest BCUT2D eigenvalue weighted by Gasteiger charge is 2.49. The van der Waals surface area contributed by atoms with Crippen LogP contribution in [0.3, 0.4) is 0 Å². The Kier molecular flexibility index (Phi) is 6.98. The van der Waals surface area contributed by atoms with Gasteiger partial charge in [0.2, 0.25) is 0 Å². The molecule has 1 amide bonds. The lowest BCUT2D eigenvalue weighted by atomic mass is 9.73. The first-order chi connectivity index (χ1) is 18.9. The van der Waals surface area contributed by atoms with Gasteiger partial charge in [-0.25, -0.2) is 19.7 Å². The number of aliphatic hydroxyl groups excluding tert-OH is 1. The molecule has 3 saturated heterocycles. The van der Waals surface area contributed by atoms with Gasteiger partial charge < -0.3 is 34.9 Å². The number of aliphatic imine (C=N–C) groups is 1. The first-order valence-corrected chi connectivity index (χ1v) is 14.0. The van der Waals surface area contributed by atoms with E-state index in [-0.39, 0.29) is 36.3 Å². The summed E-state index contributed by atoms with van der Waals surface area (Å²) in [6.07, 6.45) is 4.98. The Bertz CT molecular complexity index is 1260. The predicted molar refractivity (Wildman–Crippen MR) is 145 cm³/mol. The smallest absolute Gasteiger partial charge is 0.404 e. The molecule has 6 heterocycles. The summed E-state index contributed by atoms with van der Waals surface area (Å²) in [4.78, 5) is 34.8. The maximum atomic E-state index is 11.2. The van der Waals surface area contributed by atoms with E-state index in [4.69, 9.17) is 29.9 Å². The van der Waals surface area contributed by atoms with E-state index in [1.54, 1.807) is 12.4 Å². The topological polar surface area (TPSA) is 149 Å². The summed E-state index contributed by atoms with van der Waals surface area (Å²) < 4.78 is 17.3. The van der Waals surface area contributed by atoms with Crippen molar-refractivity contribution in [1.29, 1.82) is 0 Å². The molecule has 3 fully saturated rings. The Morgan fingerprint density at radius 2 is 2.18 bits per heavy atom. The van der Waals surface area contributed by atoms with Gasteiger partial charge in [-0.15, -0.1) is 0 Å². The summed E-state index contributed by atoms with van der Waals surface area (Å²) >= 11 is 1.42. The molecule has 39 heavy (non-hydrogen) atoms. The van der Waals surface area contributed by atoms with Crippen molar-refractivity contribution in [2.75, 3.05) is 42.6 Å². The molecule has 4 aliphatic heterocycles. The minimum Gasteiger partial charge on any atom is -0.486 e. The minimum atomic E-state index is -0.774. The van der Waals surface area contributed by atoms with Crippen LogP contribution in [0.1, 0.15) is 31.9 Å². The van der Waals surface area contributed by atoms with Crippen molar-refractivity contribution in [3.63, 3.8) is 0 Å². The van der Waals surface area contributed by atoms with E-state index in [0.717, 1.165) is 30.8 Å². The van der Waals surface area contributed by atoms with Crippen LogP contribution in [0.15, 0.2) is 33.4 Å². The zero-order valence-electron chi connectivity index (χ0n) is 21.9. The number of carbonyl (C=O) groups excluding carboxylic acids is 1. The number of nitrogens with zero attached hydrogens (tertiary/aromatic N) is 6. The number of carbonyl (C=O) groups is 1. The summed E-state index contributed by atoms with van der Waals surface area (Å²) in [6, 6.07) is 2.05. The van der Waals surface area contributed by atoms with Gasteiger partial charge in [-0.1, -0.05) is 11.8 Å². The van der Waals surface area contributed by atoms with E-state index < -0.39 is 6.09 Å². The molecule has 6 rings (SSSR count). The van der Waals surface area contributed by atoms with Crippen LogP contribution in [0.25, 0.3) is 0 Å². The Morgan fingerprint density at radius 3 is 2.92 bits per heavy atom. The quantitative estimate of drug-likeness (QED) is 0.504. The molecule has 3 N–H and O–H groups in total. The van der Waals surface area contributed by atoms with E-state index >= 15 is 0 Å². The molecule has 1 unspecified atom stereocenters. The number of anilines is 2. The van der Waals surface area contributed by atoms with E-state index in [1.807, 2.05) is 6.07 Å². The van der Waals surface area contributed by atoms with Crippen molar-refractivity contribution in [2.45, 2.75) is 67.0 Å². The largest absolute Gasteiger partial charge is 0.486 e. The first kappa shape index (κ1) is 26.1. The van der Waals surface area contributed by atoms with Gasteiger partial charge in [-0.2, -0.15) is 0 Å². The van der Waals surface area contributed by atoms with Crippen molar-refractivity contribution in [3.05, 3.63) is 24.2 Å². The Labute approximate surface area is 231 Å². The average Bonchev–Trinajstić information content (AvgIpc) is 3.48. The van der Waals surface area contributed by atoms with Gasteiger partial charge in [-0.3, -0.25) is 4.99 Å². The summed E-state index contributed by atoms with van der Waals surface area (Å²) in [5.41, 5.74) is 5.77. The minimum absolute atomic E-state index is 0.0149. The van der Waals surface area contributed by atoms with E-state index in [9.17, 15) is 9.90 Å². The number of amides is 1. The standard InChI is InChI=1S/C26H33N7O5S/c1-15-22(28-2)26(14-37-15)4-7-32(8-5-26)23-18(12-34)31-20(10-30-23)39-19-3-6-29-24-21(19)36-13-16-9-17(11-33(16)24)38-25(27)35/h3,6,10,15-17,22,34H,2,4-5,7-9,11-14H2,1H3,(H2,27,35)/t15-,16-,17-,22?/m0/s1. The summed E-state index contributed by atoms with van der Waals surface area (Å²) in [6.45, 7) is 8.92. The van der Waals surface area contributed by atoms with Crippen molar-refractivity contribution in [2.24, 2.45) is 16.1 Å². The third kappa shape index (κ3) is 4.76. The van der Waals surface area contributed by atoms with Crippen LogP contribution in [0.4, 0.5) is 16.4 Å². The number of ether oxygens (including phenoxy) is 3. The third-order valence-electron chi connectivity index (χ3n) is 8.33. The second-order valence-electron chi connectivity index (χ2n) is 10.6. The van der Waals surface area contributed by atoms with Crippen molar-refractivity contribution in [1.82, 2.24) is 15.0 Å². The number of hydrogen-bond acceptors (Lipinski definition) is 12. The Balaban J connectivity index is 1.17. The first-order valence-electron chi connectivity index (χ1n) is 13.2. The van der Waals surface area contributed by atoms with Crippen LogP contribution in [0, 0.1) is 5.41 Å². The number of fused-ring (bicyclic) bond motifs is 3. The summed E-state index contributed by atoms with van der Waals surface area (Å²) in [5.74, 6) is 2.08. The van der Waals surface area contributed by atoms with E-state index in [1.165, 1.54) is 11.8 Å². The second kappa shape index (κ2) is 10.4. The second-order valence-corrected chi connectivity index (χ2v) is 11.7. The van der Waals surface area contributed by atoms with Crippen LogP contribution >= 0.6 is 11.8 Å². The van der Waals surface area contributed by atoms with Gasteiger partial charge in [0.1, 0.15) is 23.4 Å². The van der Waals surface area contributed by atoms with Gasteiger partial charge in [0.25, 0.3) is 0 Å². The maximum Gasteiger partial charge on any atom is 0.404 e. The molecule has 12 nitrogen and oxygen atoms in total. The number of nitrogens with two attached hydrogens (primary N) is 1. The fourth-order valence-electron chi connectivity index (χ4n) is 6.41. The molecule has 4 atom stereocenters. The monoisotopic (exact) mass is 555 g/mol. The lowest BCUT2D eigenvalue weighted by molar-refractivity contribution is 0.0973. The van der Waals surface area contributed by atoms with E-state index in [0.29, 0.717) is 54.3 Å². The molecule has 2 aromatic rings. The number of aromatic nitrogens is 3. The molecule has 13 heteroatoms. The van der Waals surface area contributed by atoms with Crippen molar-refractivity contribution in [3.8, 4) is 5.75 Å². The number of primary amides is 1. The fourth-order valence-corrected chi connectivity index (χ4v) is 7.27. The van der Waals surface area contributed by atoms with Crippen LogP contribution in [-0.2, 0) is 16.1 Å². The van der Waals surface area contributed by atoms with Crippen LogP contribution in [0.2, 0.25) is 0 Å². The Hall–Kier alpha value is -3.16. The van der Waals surface area contributed by atoms with Crippen LogP contribution in [0.5, 0.6) is 5.75 Å². The molecule has 1 spiro atoms. The van der Waals surface area contributed by atoms with Gasteiger partial charge in [0, 0.05) is 31.1 Å². The highest BCUT2D eigenvalue weighted by Crippen LogP contribution is 2.46. The lowest BCUT2D eigenvalue weighted by Crippen LogP contribution is -2.46. The average molecular weight is 556 g/mol. The molecule has 0 aliphatic carbocycles. The molecule has 0 bridgehead atoms. The molecular weight excluding hydrogens is 522 g/mol. The van der Waals surface area contributed by atoms with Gasteiger partial charge in [0.05, 0.1) is 49.0 Å². The number of hydrogen-bond donors (Lipinski definition) is 2. The van der Waals surface area contributed by atoms with Gasteiger partial charge >= 0.3 is 6.09 Å². The molecule has 0 radical (unpaired) electrons. The third-order valence-corrected chi connectivity index (χ3v) is 9.27. The molecule has 208 valence electrons. The molecule has 4 aliphatic rings. The zero-order chi connectivity index (χ0) is 27.1. The molecule has 2 aromatic heterocycles. The maximum absolute atomic E-state index is 11.2. The number of rotatable bonds is 6. The Morgan fingerprint density at radius 1 is 1.36 bits per heavy atom. The van der Waals surface area contributed by atoms with E-state index in [2.05, 4.69) is 33.4 Å². The van der Waals surface area contributed by atoms with Crippen molar-refractivity contribution >= 4 is 36.2 Å². The van der Waals surface area contributed by atoms with Crippen LogP contribution in [-0.4, -0.2) is 90.0 Å². The SMILES string of the molecule is C=NC1[C@H](C)OCC12CCN(c1ncc(Sc3ccnc4c3OC[C@@H]3C[C@H](OC(N)=O)CN43)nc1CO)CC2. The summed E-state index contributed by atoms with van der Waals surface area (Å²) in [7, 11) is 0. The molecule has 0 saturated carbocycles.